The van der Waals surface area contributed by atoms with Gasteiger partial charge >= 0.3 is 0 Å². The van der Waals surface area contributed by atoms with Gasteiger partial charge < -0.3 is 8.80 Å². The number of hydrogen-bond acceptors (Lipinski definition) is 0. The molecular weight excluding hydrogens is 581 g/mol. The van der Waals surface area contributed by atoms with E-state index in [-0.39, 0.29) is 21.7 Å². The van der Waals surface area contributed by atoms with Crippen molar-refractivity contribution >= 4 is 76.2 Å². The Morgan fingerprint density at radius 3 is 1.06 bits per heavy atom. The van der Waals surface area contributed by atoms with Crippen LogP contribution in [0.25, 0.3) is 76.2 Å². The van der Waals surface area contributed by atoms with Crippen molar-refractivity contribution in [3.05, 3.63) is 95.1 Å². The molecule has 0 N–H and O–H groups in total. The maximum atomic E-state index is 2.65. The normalized spacial score (nSPS) is 20.0. The molecule has 0 spiro atoms. The fourth-order valence-electron chi connectivity index (χ4n) is 10.7. The van der Waals surface area contributed by atoms with Crippen molar-refractivity contribution < 1.29 is 0 Å². The molecule has 0 radical (unpaired) electrons. The molecule has 0 atom stereocenters. The fourth-order valence-corrected chi connectivity index (χ4v) is 10.7. The summed E-state index contributed by atoms with van der Waals surface area (Å²) in [5.41, 5.74) is 14.9. The summed E-state index contributed by atoms with van der Waals surface area (Å²) in [7, 11) is 0. The predicted octanol–water partition coefficient (Wildman–Crippen LogP) is 12.7. The van der Waals surface area contributed by atoms with E-state index in [2.05, 4.69) is 137 Å². The van der Waals surface area contributed by atoms with Gasteiger partial charge in [0.1, 0.15) is 0 Å². The molecule has 2 aliphatic carbocycles. The Kier molecular flexibility index (Phi) is 4.67. The van der Waals surface area contributed by atoms with Gasteiger partial charge in [0.15, 0.2) is 0 Å². The molecule has 0 aliphatic heterocycles. The lowest BCUT2D eigenvalue weighted by atomic mass is 9.63. The molecule has 2 heteroatoms. The third-order valence-corrected chi connectivity index (χ3v) is 13.7. The number of nitrogens with zero attached hydrogens (tertiary/aromatic N) is 2. The van der Waals surface area contributed by atoms with Crippen LogP contribution in [0.4, 0.5) is 0 Å². The van der Waals surface area contributed by atoms with Gasteiger partial charge in [0.05, 0.1) is 33.1 Å². The van der Waals surface area contributed by atoms with Gasteiger partial charge in [0.25, 0.3) is 0 Å². The molecule has 2 aliphatic rings. The molecule has 4 aromatic heterocycles. The van der Waals surface area contributed by atoms with E-state index in [1.54, 1.807) is 0 Å². The Bertz CT molecular complexity index is 2680. The van der Waals surface area contributed by atoms with Gasteiger partial charge in [0, 0.05) is 43.1 Å². The average molecular weight is 625 g/mol. The lowest BCUT2D eigenvalue weighted by Crippen LogP contribution is -2.33. The van der Waals surface area contributed by atoms with Crippen molar-refractivity contribution in [3.8, 4) is 0 Å². The van der Waals surface area contributed by atoms with Crippen LogP contribution in [0.5, 0.6) is 0 Å². The second kappa shape index (κ2) is 8.11. The Hall–Kier alpha value is -4.30. The minimum atomic E-state index is 0.147. The highest BCUT2D eigenvalue weighted by Gasteiger charge is 2.40. The second-order valence-corrected chi connectivity index (χ2v) is 18.3. The van der Waals surface area contributed by atoms with E-state index in [4.69, 9.17) is 0 Å². The molecule has 9 aromatic rings. The van der Waals surface area contributed by atoms with Crippen LogP contribution in [0, 0.1) is 0 Å². The van der Waals surface area contributed by atoms with E-state index in [0.717, 1.165) is 0 Å². The van der Waals surface area contributed by atoms with Gasteiger partial charge in [-0.1, -0.05) is 91.8 Å². The predicted molar refractivity (Wildman–Crippen MR) is 206 cm³/mol. The van der Waals surface area contributed by atoms with E-state index in [9.17, 15) is 0 Å². The Morgan fingerprint density at radius 1 is 0.375 bits per heavy atom. The molecule has 0 fully saturated rings. The molecule has 0 saturated carbocycles. The third kappa shape index (κ3) is 3.00. The standard InChI is InChI=1S/C46H44N2/c1-43(2)17-19-45(5,6)31-23-35-27(21-29(31)43)39-37-25-13-9-12-16-34(25)48-36-24-32-30(44(3,4)18-20-46(32,7)8)22-28(36)40(42(37)48)38-26-14-10-11-15-33(26)47(35)41(38)39/h9-16,21-24H,17-20H2,1-8H3. The van der Waals surface area contributed by atoms with Crippen LogP contribution < -0.4 is 0 Å². The number of fused-ring (bicyclic) bond motifs is 16. The Morgan fingerprint density at radius 2 is 0.688 bits per heavy atom. The smallest absolute Gasteiger partial charge is 0.0634 e. The van der Waals surface area contributed by atoms with Crippen molar-refractivity contribution in [2.45, 2.75) is 103 Å². The van der Waals surface area contributed by atoms with Crippen molar-refractivity contribution in [2.75, 3.05) is 0 Å². The van der Waals surface area contributed by atoms with Gasteiger partial charge in [-0.15, -0.1) is 0 Å². The first-order chi connectivity index (χ1) is 22.8. The lowest BCUT2D eigenvalue weighted by Gasteiger charge is -2.42. The van der Waals surface area contributed by atoms with Gasteiger partial charge in [-0.05, 0) is 106 Å². The Labute approximate surface area is 282 Å². The summed E-state index contributed by atoms with van der Waals surface area (Å²) in [5.74, 6) is 0. The number of rotatable bonds is 0. The maximum Gasteiger partial charge on any atom is 0.0634 e. The van der Waals surface area contributed by atoms with Crippen LogP contribution in [-0.4, -0.2) is 8.80 Å². The number of para-hydroxylation sites is 2. The molecule has 0 unspecified atom stereocenters. The van der Waals surface area contributed by atoms with Crippen LogP contribution in [0.3, 0.4) is 0 Å². The molecule has 11 rings (SSSR count). The highest BCUT2D eigenvalue weighted by Crippen LogP contribution is 2.56. The third-order valence-electron chi connectivity index (χ3n) is 13.7. The van der Waals surface area contributed by atoms with E-state index >= 15 is 0 Å². The van der Waals surface area contributed by atoms with Gasteiger partial charge in [0.2, 0.25) is 0 Å². The van der Waals surface area contributed by atoms with E-state index in [1.165, 1.54) is 124 Å². The number of aromatic nitrogens is 2. The monoisotopic (exact) mass is 624 g/mol. The summed E-state index contributed by atoms with van der Waals surface area (Å²) in [4.78, 5) is 0. The zero-order chi connectivity index (χ0) is 32.9. The van der Waals surface area contributed by atoms with Gasteiger partial charge in [-0.3, -0.25) is 0 Å². The lowest BCUT2D eigenvalue weighted by molar-refractivity contribution is 0.332. The van der Waals surface area contributed by atoms with Crippen molar-refractivity contribution in [2.24, 2.45) is 0 Å². The summed E-state index contributed by atoms with van der Waals surface area (Å²) in [6, 6.07) is 28.9. The van der Waals surface area contributed by atoms with Crippen molar-refractivity contribution in [1.82, 2.24) is 8.80 Å². The van der Waals surface area contributed by atoms with E-state index < -0.39 is 0 Å². The van der Waals surface area contributed by atoms with E-state index in [1.807, 2.05) is 0 Å². The highest BCUT2D eigenvalue weighted by atomic mass is 14.9. The minimum absolute atomic E-state index is 0.147. The molecule has 238 valence electrons. The zero-order valence-corrected chi connectivity index (χ0v) is 29.7. The molecule has 4 heterocycles. The number of hydrogen-bond donors (Lipinski definition) is 0. The molecule has 0 saturated heterocycles. The summed E-state index contributed by atoms with van der Waals surface area (Å²) in [5, 5.41) is 11.3. The van der Waals surface area contributed by atoms with Crippen molar-refractivity contribution in [1.29, 1.82) is 0 Å². The van der Waals surface area contributed by atoms with Gasteiger partial charge in [-0.2, -0.15) is 0 Å². The summed E-state index contributed by atoms with van der Waals surface area (Å²) >= 11 is 0. The average Bonchev–Trinajstić information content (AvgIpc) is 3.77. The summed E-state index contributed by atoms with van der Waals surface area (Å²) in [6.45, 7) is 19.7. The quantitative estimate of drug-likeness (QED) is 0.159. The number of benzene rings is 5. The second-order valence-electron chi connectivity index (χ2n) is 18.3. The minimum Gasteiger partial charge on any atom is -0.308 e. The molecule has 0 amide bonds. The maximum absolute atomic E-state index is 2.65. The molecule has 5 aromatic carbocycles. The molecule has 0 bridgehead atoms. The Balaban J connectivity index is 1.48. The van der Waals surface area contributed by atoms with Crippen molar-refractivity contribution in [3.63, 3.8) is 0 Å². The van der Waals surface area contributed by atoms with Crippen LogP contribution >= 0.6 is 0 Å². The summed E-state index contributed by atoms with van der Waals surface area (Å²) in [6.07, 6.45) is 4.88. The highest BCUT2D eigenvalue weighted by molar-refractivity contribution is 6.45. The first kappa shape index (κ1) is 27.6. The first-order valence-electron chi connectivity index (χ1n) is 18.2. The van der Waals surface area contributed by atoms with Crippen LogP contribution in [0.1, 0.15) is 103 Å². The topological polar surface area (TPSA) is 8.82 Å². The molecule has 2 nitrogen and oxygen atoms in total. The zero-order valence-electron chi connectivity index (χ0n) is 29.7. The van der Waals surface area contributed by atoms with Crippen LogP contribution in [-0.2, 0) is 21.7 Å². The first-order valence-corrected chi connectivity index (χ1v) is 18.2. The van der Waals surface area contributed by atoms with Gasteiger partial charge in [-0.25, -0.2) is 0 Å². The summed E-state index contributed by atoms with van der Waals surface area (Å²) < 4.78 is 5.30. The molecule has 48 heavy (non-hydrogen) atoms. The van der Waals surface area contributed by atoms with Crippen LogP contribution in [0.15, 0.2) is 72.8 Å². The largest absolute Gasteiger partial charge is 0.308 e. The van der Waals surface area contributed by atoms with Crippen LogP contribution in [0.2, 0.25) is 0 Å². The molecular formula is C46H44N2. The SMILES string of the molecule is CC1(C)CCC(C)(C)c2cc3c(cc21)c1c2c4ccccc4n4c5cc6c(cc5c(c5c7ccccc7n3c51)c24)C(C)(C)CCC6(C)C. The fraction of sp³-hybridized carbons (Fsp3) is 0.348. The van der Waals surface area contributed by atoms with E-state index in [0.29, 0.717) is 0 Å².